The molecule has 1 rings (SSSR count). The fourth-order valence-electron chi connectivity index (χ4n) is 1.51. The number of aryl methyl sites for hydroxylation is 1. The standard InChI is InChI=1S/C14H18O3/c1-5-6-11(3)17-13-9-10(2)7-8-12(13)14(15)16-4/h5,7-9,11H,1,6H2,2-4H3. The molecule has 0 amide bonds. The monoisotopic (exact) mass is 234 g/mol. The van der Waals surface area contributed by atoms with Crippen LogP contribution in [0.2, 0.25) is 0 Å². The van der Waals surface area contributed by atoms with Crippen LogP contribution in [0.3, 0.4) is 0 Å². The van der Waals surface area contributed by atoms with Crippen molar-refractivity contribution < 1.29 is 14.3 Å². The van der Waals surface area contributed by atoms with Crippen LogP contribution in [-0.2, 0) is 4.74 Å². The van der Waals surface area contributed by atoms with Crippen molar-refractivity contribution in [2.24, 2.45) is 0 Å². The molecule has 0 aliphatic carbocycles. The highest BCUT2D eigenvalue weighted by atomic mass is 16.5. The van der Waals surface area contributed by atoms with Gasteiger partial charge < -0.3 is 9.47 Å². The maximum Gasteiger partial charge on any atom is 0.341 e. The molecule has 0 heterocycles. The fourth-order valence-corrected chi connectivity index (χ4v) is 1.51. The first-order valence-corrected chi connectivity index (χ1v) is 5.55. The van der Waals surface area contributed by atoms with Crippen molar-refractivity contribution in [3.63, 3.8) is 0 Å². The zero-order chi connectivity index (χ0) is 12.8. The summed E-state index contributed by atoms with van der Waals surface area (Å²) >= 11 is 0. The first-order valence-electron chi connectivity index (χ1n) is 5.55. The summed E-state index contributed by atoms with van der Waals surface area (Å²) in [5.41, 5.74) is 1.49. The van der Waals surface area contributed by atoms with Gasteiger partial charge in [-0.3, -0.25) is 0 Å². The molecular weight excluding hydrogens is 216 g/mol. The van der Waals surface area contributed by atoms with Gasteiger partial charge in [-0.2, -0.15) is 0 Å². The van der Waals surface area contributed by atoms with Crippen molar-refractivity contribution >= 4 is 5.97 Å². The number of methoxy groups -OCH3 is 1. The van der Waals surface area contributed by atoms with Crippen molar-refractivity contribution in [2.45, 2.75) is 26.4 Å². The predicted molar refractivity (Wildman–Crippen MR) is 67.4 cm³/mol. The fraction of sp³-hybridized carbons (Fsp3) is 0.357. The highest BCUT2D eigenvalue weighted by molar-refractivity contribution is 5.92. The van der Waals surface area contributed by atoms with Gasteiger partial charge in [-0.25, -0.2) is 4.79 Å². The van der Waals surface area contributed by atoms with Gasteiger partial charge in [0.25, 0.3) is 0 Å². The molecule has 92 valence electrons. The highest BCUT2D eigenvalue weighted by Gasteiger charge is 2.14. The molecule has 0 fully saturated rings. The van der Waals surface area contributed by atoms with Gasteiger partial charge in [-0.15, -0.1) is 6.58 Å². The molecular formula is C14H18O3. The molecule has 0 aliphatic rings. The smallest absolute Gasteiger partial charge is 0.341 e. The van der Waals surface area contributed by atoms with Crippen LogP contribution in [0, 0.1) is 6.92 Å². The van der Waals surface area contributed by atoms with E-state index in [2.05, 4.69) is 6.58 Å². The minimum Gasteiger partial charge on any atom is -0.489 e. The van der Waals surface area contributed by atoms with Crippen LogP contribution in [0.5, 0.6) is 5.75 Å². The van der Waals surface area contributed by atoms with E-state index in [0.29, 0.717) is 11.3 Å². The van der Waals surface area contributed by atoms with Crippen LogP contribution >= 0.6 is 0 Å². The third-order valence-electron chi connectivity index (χ3n) is 2.37. The maximum absolute atomic E-state index is 11.6. The molecule has 0 saturated carbocycles. The summed E-state index contributed by atoms with van der Waals surface area (Å²) in [6, 6.07) is 5.42. The summed E-state index contributed by atoms with van der Waals surface area (Å²) in [6.45, 7) is 7.55. The van der Waals surface area contributed by atoms with E-state index < -0.39 is 0 Å². The molecule has 3 nitrogen and oxygen atoms in total. The van der Waals surface area contributed by atoms with Crippen LogP contribution in [0.1, 0.15) is 29.3 Å². The Hall–Kier alpha value is -1.77. The summed E-state index contributed by atoms with van der Waals surface area (Å²) in [5.74, 6) is 0.178. The van der Waals surface area contributed by atoms with Crippen LogP contribution in [-0.4, -0.2) is 19.2 Å². The van der Waals surface area contributed by atoms with Gasteiger partial charge in [0, 0.05) is 6.42 Å². The Morgan fingerprint density at radius 1 is 1.53 bits per heavy atom. The van der Waals surface area contributed by atoms with E-state index in [1.54, 1.807) is 12.1 Å². The number of esters is 1. The van der Waals surface area contributed by atoms with E-state index in [9.17, 15) is 4.79 Å². The Labute approximate surface area is 102 Å². The Kier molecular flexibility index (Phi) is 4.76. The average molecular weight is 234 g/mol. The summed E-state index contributed by atoms with van der Waals surface area (Å²) in [6.07, 6.45) is 2.50. The van der Waals surface area contributed by atoms with Gasteiger partial charge in [0.1, 0.15) is 11.3 Å². The molecule has 3 heteroatoms. The van der Waals surface area contributed by atoms with Gasteiger partial charge in [0.05, 0.1) is 13.2 Å². The quantitative estimate of drug-likeness (QED) is 0.580. The Morgan fingerprint density at radius 2 is 2.24 bits per heavy atom. The lowest BCUT2D eigenvalue weighted by Gasteiger charge is -2.15. The van der Waals surface area contributed by atoms with Crippen LogP contribution in [0.4, 0.5) is 0 Å². The minimum atomic E-state index is -0.384. The number of benzene rings is 1. The second-order valence-corrected chi connectivity index (χ2v) is 3.94. The molecule has 0 N–H and O–H groups in total. The second-order valence-electron chi connectivity index (χ2n) is 3.94. The SMILES string of the molecule is C=CCC(C)Oc1cc(C)ccc1C(=O)OC. The highest BCUT2D eigenvalue weighted by Crippen LogP contribution is 2.23. The first-order chi connectivity index (χ1) is 8.08. The van der Waals surface area contributed by atoms with E-state index in [0.717, 1.165) is 12.0 Å². The molecule has 0 aromatic heterocycles. The van der Waals surface area contributed by atoms with Gasteiger partial charge in [0.2, 0.25) is 0 Å². The Morgan fingerprint density at radius 3 is 2.82 bits per heavy atom. The van der Waals surface area contributed by atoms with Crippen LogP contribution in [0.25, 0.3) is 0 Å². The van der Waals surface area contributed by atoms with E-state index in [-0.39, 0.29) is 12.1 Å². The molecule has 1 unspecified atom stereocenters. The number of carbonyl (C=O) groups is 1. The molecule has 1 atom stereocenters. The lowest BCUT2D eigenvalue weighted by Crippen LogP contribution is -2.14. The molecule has 0 bridgehead atoms. The van der Waals surface area contributed by atoms with Gasteiger partial charge >= 0.3 is 5.97 Å². The average Bonchev–Trinajstić information content (AvgIpc) is 2.28. The lowest BCUT2D eigenvalue weighted by molar-refractivity contribution is 0.0594. The van der Waals surface area contributed by atoms with E-state index in [1.807, 2.05) is 26.0 Å². The number of rotatable bonds is 5. The molecule has 17 heavy (non-hydrogen) atoms. The number of carbonyl (C=O) groups excluding carboxylic acids is 1. The largest absolute Gasteiger partial charge is 0.489 e. The number of hydrogen-bond donors (Lipinski definition) is 0. The van der Waals surface area contributed by atoms with E-state index in [4.69, 9.17) is 9.47 Å². The van der Waals surface area contributed by atoms with Gasteiger partial charge in [0.15, 0.2) is 0 Å². The molecule has 0 spiro atoms. The molecule has 0 radical (unpaired) electrons. The van der Waals surface area contributed by atoms with Crippen molar-refractivity contribution in [1.29, 1.82) is 0 Å². The summed E-state index contributed by atoms with van der Waals surface area (Å²) in [7, 11) is 1.36. The van der Waals surface area contributed by atoms with Crippen molar-refractivity contribution in [3.05, 3.63) is 42.0 Å². The Balaban J connectivity index is 2.98. The van der Waals surface area contributed by atoms with Gasteiger partial charge in [-0.05, 0) is 31.5 Å². The minimum absolute atomic E-state index is 0.0160. The predicted octanol–water partition coefficient (Wildman–Crippen LogP) is 3.13. The lowest BCUT2D eigenvalue weighted by atomic mass is 10.1. The topological polar surface area (TPSA) is 35.5 Å². The van der Waals surface area contributed by atoms with Gasteiger partial charge in [-0.1, -0.05) is 12.1 Å². The Bertz CT molecular complexity index is 410. The second kappa shape index (κ2) is 6.09. The van der Waals surface area contributed by atoms with Crippen molar-refractivity contribution in [2.75, 3.05) is 7.11 Å². The normalized spacial score (nSPS) is 11.7. The summed E-state index contributed by atoms with van der Waals surface area (Å²) in [4.78, 5) is 11.6. The summed E-state index contributed by atoms with van der Waals surface area (Å²) < 4.78 is 10.4. The van der Waals surface area contributed by atoms with Crippen LogP contribution in [0.15, 0.2) is 30.9 Å². The molecule has 1 aromatic carbocycles. The molecule has 0 saturated heterocycles. The maximum atomic E-state index is 11.6. The zero-order valence-electron chi connectivity index (χ0n) is 10.5. The van der Waals surface area contributed by atoms with E-state index in [1.165, 1.54) is 7.11 Å². The van der Waals surface area contributed by atoms with Crippen molar-refractivity contribution in [3.8, 4) is 5.75 Å². The number of ether oxygens (including phenoxy) is 2. The van der Waals surface area contributed by atoms with Crippen LogP contribution < -0.4 is 4.74 Å². The number of hydrogen-bond acceptors (Lipinski definition) is 3. The third-order valence-corrected chi connectivity index (χ3v) is 2.37. The molecule has 1 aromatic rings. The van der Waals surface area contributed by atoms with E-state index >= 15 is 0 Å². The third kappa shape index (κ3) is 3.63. The first kappa shape index (κ1) is 13.3. The molecule has 0 aliphatic heterocycles. The summed E-state index contributed by atoms with van der Waals surface area (Å²) in [5, 5.41) is 0. The van der Waals surface area contributed by atoms with Crippen molar-refractivity contribution in [1.82, 2.24) is 0 Å². The zero-order valence-corrected chi connectivity index (χ0v) is 10.5.